The Balaban J connectivity index is 1.47. The van der Waals surface area contributed by atoms with Crippen molar-refractivity contribution in [3.63, 3.8) is 0 Å². The molecule has 0 radical (unpaired) electrons. The van der Waals surface area contributed by atoms with Gasteiger partial charge >= 0.3 is 5.97 Å². The average Bonchev–Trinajstić information content (AvgIpc) is 3.57. The molecule has 39 heavy (non-hydrogen) atoms. The molecule has 0 aliphatic rings. The van der Waals surface area contributed by atoms with Gasteiger partial charge in [0.05, 0.1) is 28.8 Å². The second-order valence-corrected chi connectivity index (χ2v) is 10.8. The SMILES string of the molecule is Cc1cc(C)c(S(=O)(=O)NC(CNC(=O)c2cccc3[nH]ncc23)C(=O)OCCCNc2ncc[nH]2)c(C)c1. The third kappa shape index (κ3) is 6.81. The maximum Gasteiger partial charge on any atom is 0.326 e. The molecule has 0 bridgehead atoms. The first kappa shape index (κ1) is 27.8. The van der Waals surface area contributed by atoms with Crippen LogP contribution in [-0.2, 0) is 19.6 Å². The van der Waals surface area contributed by atoms with Crippen LogP contribution < -0.4 is 15.4 Å². The molecule has 0 saturated carbocycles. The van der Waals surface area contributed by atoms with E-state index >= 15 is 0 Å². The van der Waals surface area contributed by atoms with E-state index in [0.29, 0.717) is 46.5 Å². The molecular formula is C26H31N7O5S. The van der Waals surface area contributed by atoms with Crippen molar-refractivity contribution in [3.05, 3.63) is 71.2 Å². The summed E-state index contributed by atoms with van der Waals surface area (Å²) >= 11 is 0. The van der Waals surface area contributed by atoms with E-state index < -0.39 is 27.9 Å². The van der Waals surface area contributed by atoms with E-state index in [4.69, 9.17) is 4.74 Å². The van der Waals surface area contributed by atoms with Crippen LogP contribution in [0, 0.1) is 20.8 Å². The van der Waals surface area contributed by atoms with E-state index in [0.717, 1.165) is 5.56 Å². The lowest BCUT2D eigenvalue weighted by atomic mass is 10.1. The summed E-state index contributed by atoms with van der Waals surface area (Å²) < 4.78 is 34.6. The Bertz CT molecular complexity index is 1540. The molecule has 0 aliphatic heterocycles. The molecule has 5 N–H and O–H groups in total. The van der Waals surface area contributed by atoms with E-state index in [1.807, 2.05) is 6.92 Å². The molecule has 1 amide bonds. The molecule has 2 aromatic heterocycles. The monoisotopic (exact) mass is 553 g/mol. The number of esters is 1. The van der Waals surface area contributed by atoms with E-state index in [2.05, 4.69) is 35.5 Å². The number of ether oxygens (including phenoxy) is 1. The van der Waals surface area contributed by atoms with E-state index in [9.17, 15) is 18.0 Å². The lowest BCUT2D eigenvalue weighted by Gasteiger charge is -2.20. The molecule has 4 aromatic rings. The minimum Gasteiger partial charge on any atom is -0.464 e. The molecular weight excluding hydrogens is 522 g/mol. The standard InChI is InChI=1S/C26H31N7O5S/c1-16-12-17(2)23(18(3)13-16)39(36,37)33-22(25(35)38-11-5-8-27-26-28-9-10-29-26)15-30-24(34)19-6-4-7-21-20(19)14-31-32-21/h4,6-7,9-10,12-14,22,33H,5,8,11,15H2,1-3H3,(H,30,34)(H,31,32)(H2,27,28,29). The van der Waals surface area contributed by atoms with Gasteiger partial charge in [-0.3, -0.25) is 14.7 Å². The number of aryl methyl sites for hydroxylation is 3. The van der Waals surface area contributed by atoms with Crippen molar-refractivity contribution in [1.29, 1.82) is 0 Å². The van der Waals surface area contributed by atoms with Gasteiger partial charge in [-0.25, -0.2) is 13.4 Å². The van der Waals surface area contributed by atoms with Crippen LogP contribution in [-0.4, -0.2) is 66.2 Å². The molecule has 2 heterocycles. The molecule has 0 spiro atoms. The highest BCUT2D eigenvalue weighted by Gasteiger charge is 2.30. The first-order valence-electron chi connectivity index (χ1n) is 12.4. The Morgan fingerprint density at radius 3 is 2.62 bits per heavy atom. The first-order chi connectivity index (χ1) is 18.7. The number of aromatic amines is 2. The number of imidazole rings is 1. The largest absolute Gasteiger partial charge is 0.464 e. The highest BCUT2D eigenvalue weighted by Crippen LogP contribution is 2.22. The second kappa shape index (κ2) is 12.1. The van der Waals surface area contributed by atoms with Crippen LogP contribution in [0.1, 0.15) is 33.5 Å². The van der Waals surface area contributed by atoms with Gasteiger partial charge in [-0.05, 0) is 50.5 Å². The molecule has 13 heteroatoms. The fourth-order valence-corrected chi connectivity index (χ4v) is 6.02. The van der Waals surface area contributed by atoms with Crippen molar-refractivity contribution >= 4 is 38.8 Å². The molecule has 206 valence electrons. The highest BCUT2D eigenvalue weighted by atomic mass is 32.2. The molecule has 0 saturated heterocycles. The maximum absolute atomic E-state index is 13.4. The average molecular weight is 554 g/mol. The molecule has 1 unspecified atom stereocenters. The van der Waals surface area contributed by atoms with Gasteiger partial charge in [0.15, 0.2) is 5.95 Å². The van der Waals surface area contributed by atoms with Crippen LogP contribution in [0.2, 0.25) is 0 Å². The van der Waals surface area contributed by atoms with E-state index in [1.54, 1.807) is 56.6 Å². The fourth-order valence-electron chi connectivity index (χ4n) is 4.38. The number of carbonyl (C=O) groups is 2. The van der Waals surface area contributed by atoms with Crippen LogP contribution in [0.15, 0.2) is 53.8 Å². The normalized spacial score (nSPS) is 12.3. The third-order valence-electron chi connectivity index (χ3n) is 6.01. The van der Waals surface area contributed by atoms with Gasteiger partial charge in [0, 0.05) is 30.9 Å². The quantitative estimate of drug-likeness (QED) is 0.131. The number of hydrogen-bond donors (Lipinski definition) is 5. The Hall–Kier alpha value is -4.23. The number of rotatable bonds is 12. The summed E-state index contributed by atoms with van der Waals surface area (Å²) in [5.41, 5.74) is 3.03. The zero-order valence-electron chi connectivity index (χ0n) is 21.9. The summed E-state index contributed by atoms with van der Waals surface area (Å²) in [6.45, 7) is 5.46. The smallest absolute Gasteiger partial charge is 0.326 e. The number of anilines is 1. The number of fused-ring (bicyclic) bond motifs is 1. The molecule has 0 fully saturated rings. The summed E-state index contributed by atoms with van der Waals surface area (Å²) in [5, 5.41) is 13.1. The summed E-state index contributed by atoms with van der Waals surface area (Å²) in [5.74, 6) is -0.698. The molecule has 12 nitrogen and oxygen atoms in total. The number of sulfonamides is 1. The van der Waals surface area contributed by atoms with Crippen LogP contribution in [0.4, 0.5) is 5.95 Å². The Labute approximate surface area is 226 Å². The molecule has 2 aromatic carbocycles. The first-order valence-corrected chi connectivity index (χ1v) is 13.8. The number of hydrogen-bond acceptors (Lipinski definition) is 8. The van der Waals surface area contributed by atoms with Crippen molar-refractivity contribution in [3.8, 4) is 0 Å². The van der Waals surface area contributed by atoms with Gasteiger partial charge in [-0.1, -0.05) is 23.8 Å². The minimum atomic E-state index is -4.13. The summed E-state index contributed by atoms with van der Waals surface area (Å²) in [6, 6.07) is 7.25. The van der Waals surface area contributed by atoms with Gasteiger partial charge in [0.25, 0.3) is 5.91 Å². The maximum atomic E-state index is 13.4. The van der Waals surface area contributed by atoms with Crippen molar-refractivity contribution in [2.75, 3.05) is 25.0 Å². The predicted molar refractivity (Wildman–Crippen MR) is 146 cm³/mol. The van der Waals surface area contributed by atoms with Gasteiger partial charge in [0.2, 0.25) is 10.0 Å². The van der Waals surface area contributed by atoms with Crippen LogP contribution in [0.3, 0.4) is 0 Å². The molecule has 0 aliphatic carbocycles. The Kier molecular flexibility index (Phi) is 8.62. The lowest BCUT2D eigenvalue weighted by molar-refractivity contribution is -0.145. The van der Waals surface area contributed by atoms with E-state index in [1.165, 1.54) is 6.20 Å². The summed E-state index contributed by atoms with van der Waals surface area (Å²) in [4.78, 5) is 33.1. The Morgan fingerprint density at radius 2 is 1.90 bits per heavy atom. The number of aromatic nitrogens is 4. The fraction of sp³-hybridized carbons (Fsp3) is 0.308. The van der Waals surface area contributed by atoms with Gasteiger partial charge < -0.3 is 20.4 Å². The van der Waals surface area contributed by atoms with Crippen LogP contribution in [0.5, 0.6) is 0 Å². The van der Waals surface area contributed by atoms with Gasteiger partial charge in [-0.15, -0.1) is 0 Å². The van der Waals surface area contributed by atoms with Gasteiger partial charge in [-0.2, -0.15) is 9.82 Å². The van der Waals surface area contributed by atoms with Crippen molar-refractivity contribution < 1.29 is 22.7 Å². The summed E-state index contributed by atoms with van der Waals surface area (Å²) in [7, 11) is -4.13. The zero-order valence-corrected chi connectivity index (χ0v) is 22.7. The number of nitrogens with zero attached hydrogens (tertiary/aromatic N) is 2. The van der Waals surface area contributed by atoms with Crippen molar-refractivity contribution in [2.45, 2.75) is 38.1 Å². The highest BCUT2D eigenvalue weighted by molar-refractivity contribution is 7.89. The van der Waals surface area contributed by atoms with Crippen LogP contribution >= 0.6 is 0 Å². The molecule has 4 rings (SSSR count). The topological polar surface area (TPSA) is 171 Å². The minimum absolute atomic E-state index is 0.0373. The number of carbonyl (C=O) groups excluding carboxylic acids is 2. The number of nitrogens with one attached hydrogen (secondary N) is 5. The summed E-state index contributed by atoms with van der Waals surface area (Å²) in [6.07, 6.45) is 5.27. The number of amides is 1. The van der Waals surface area contributed by atoms with Crippen molar-refractivity contribution in [2.24, 2.45) is 0 Å². The van der Waals surface area contributed by atoms with Crippen LogP contribution in [0.25, 0.3) is 10.9 Å². The third-order valence-corrected chi connectivity index (χ3v) is 7.78. The number of benzene rings is 2. The second-order valence-electron chi connectivity index (χ2n) is 9.13. The molecule has 1 atom stereocenters. The number of H-pyrrole nitrogens is 2. The Morgan fingerprint density at radius 1 is 1.13 bits per heavy atom. The predicted octanol–water partition coefficient (Wildman–Crippen LogP) is 2.33. The zero-order chi connectivity index (χ0) is 28.0. The van der Waals surface area contributed by atoms with E-state index in [-0.39, 0.29) is 18.0 Å². The lowest BCUT2D eigenvalue weighted by Crippen LogP contribution is -2.49. The van der Waals surface area contributed by atoms with Crippen molar-refractivity contribution in [1.82, 2.24) is 30.2 Å². The van der Waals surface area contributed by atoms with Gasteiger partial charge in [0.1, 0.15) is 6.04 Å².